The third-order valence-electron chi connectivity index (χ3n) is 5.76. The average Bonchev–Trinajstić information content (AvgIpc) is 2.79. The molecule has 0 bridgehead atoms. The average molecular weight is 409 g/mol. The quantitative estimate of drug-likeness (QED) is 0.764. The van der Waals surface area contributed by atoms with Crippen LogP contribution in [0.25, 0.3) is 0 Å². The fourth-order valence-corrected chi connectivity index (χ4v) is 3.67. The van der Waals surface area contributed by atoms with Crippen molar-refractivity contribution >= 4 is 11.8 Å². The van der Waals surface area contributed by atoms with Crippen molar-refractivity contribution in [3.05, 3.63) is 71.3 Å². The van der Waals surface area contributed by atoms with Crippen molar-refractivity contribution in [1.29, 1.82) is 0 Å². The molecule has 1 saturated heterocycles. The van der Waals surface area contributed by atoms with E-state index in [2.05, 4.69) is 17.3 Å². The highest BCUT2D eigenvalue weighted by atomic mass is 16.2. The van der Waals surface area contributed by atoms with Crippen LogP contribution >= 0.6 is 0 Å². The number of carbonyl (C=O) groups excluding carboxylic acids is 2. The molecule has 6 nitrogen and oxygen atoms in total. The van der Waals surface area contributed by atoms with Gasteiger partial charge in [0.15, 0.2) is 0 Å². The van der Waals surface area contributed by atoms with Crippen molar-refractivity contribution in [1.82, 2.24) is 20.0 Å². The largest absolute Gasteiger partial charge is 0.350 e. The first-order valence-corrected chi connectivity index (χ1v) is 10.6. The summed E-state index contributed by atoms with van der Waals surface area (Å²) in [6.45, 7) is 6.59. The van der Waals surface area contributed by atoms with Gasteiger partial charge >= 0.3 is 0 Å². The number of nitrogens with one attached hydrogen (secondary N) is 1. The first kappa shape index (κ1) is 22.0. The van der Waals surface area contributed by atoms with Gasteiger partial charge in [-0.3, -0.25) is 14.5 Å². The zero-order valence-corrected chi connectivity index (χ0v) is 18.2. The molecule has 0 aromatic heterocycles. The highest BCUT2D eigenvalue weighted by Gasteiger charge is 2.24. The minimum atomic E-state index is -0.325. The lowest BCUT2D eigenvalue weighted by Crippen LogP contribution is -2.47. The number of rotatable bonds is 7. The number of benzene rings is 2. The molecule has 2 amide bonds. The Morgan fingerprint density at radius 2 is 1.63 bits per heavy atom. The summed E-state index contributed by atoms with van der Waals surface area (Å²) in [5.74, 6) is 0.0514. The lowest BCUT2D eigenvalue weighted by molar-refractivity contribution is -0.126. The molecule has 1 unspecified atom stereocenters. The minimum absolute atomic E-state index is 0.0249. The zero-order valence-electron chi connectivity index (χ0n) is 18.2. The van der Waals surface area contributed by atoms with E-state index in [1.54, 1.807) is 0 Å². The molecule has 6 heteroatoms. The smallest absolute Gasteiger partial charge is 0.253 e. The molecule has 3 rings (SSSR count). The molecule has 1 N–H and O–H groups in total. The van der Waals surface area contributed by atoms with Gasteiger partial charge in [0, 0.05) is 38.3 Å². The molecule has 1 atom stereocenters. The topological polar surface area (TPSA) is 55.9 Å². The maximum absolute atomic E-state index is 12.9. The second kappa shape index (κ2) is 10.4. The summed E-state index contributed by atoms with van der Waals surface area (Å²) in [7, 11) is 4.03. The van der Waals surface area contributed by atoms with Gasteiger partial charge in [0.2, 0.25) is 5.91 Å². The Bertz CT molecular complexity index is 830. The van der Waals surface area contributed by atoms with Crippen LogP contribution in [0.1, 0.15) is 34.5 Å². The van der Waals surface area contributed by atoms with Gasteiger partial charge in [-0.25, -0.2) is 0 Å². The number of hydrogen-bond acceptors (Lipinski definition) is 4. The number of nitrogens with zero attached hydrogens (tertiary/aromatic N) is 3. The van der Waals surface area contributed by atoms with Gasteiger partial charge in [0.05, 0.1) is 0 Å². The first-order valence-electron chi connectivity index (χ1n) is 10.6. The molecule has 2 aromatic carbocycles. The van der Waals surface area contributed by atoms with Crippen LogP contribution in [0.3, 0.4) is 0 Å². The van der Waals surface area contributed by atoms with Crippen molar-refractivity contribution in [2.75, 3.05) is 46.8 Å². The molecule has 1 heterocycles. The zero-order chi connectivity index (χ0) is 21.5. The van der Waals surface area contributed by atoms with E-state index in [0.29, 0.717) is 12.1 Å². The van der Waals surface area contributed by atoms with Crippen LogP contribution in [0.2, 0.25) is 0 Å². The van der Waals surface area contributed by atoms with Crippen LogP contribution in [0.15, 0.2) is 54.6 Å². The van der Waals surface area contributed by atoms with Crippen LogP contribution in [-0.4, -0.2) is 73.3 Å². The van der Waals surface area contributed by atoms with E-state index in [0.717, 1.165) is 43.9 Å². The van der Waals surface area contributed by atoms with Crippen LogP contribution < -0.4 is 5.32 Å². The lowest BCUT2D eigenvalue weighted by Gasteiger charge is -2.32. The van der Waals surface area contributed by atoms with Crippen molar-refractivity contribution in [2.45, 2.75) is 19.5 Å². The molecule has 0 spiro atoms. The van der Waals surface area contributed by atoms with Gasteiger partial charge in [0.1, 0.15) is 6.04 Å². The molecule has 0 radical (unpaired) electrons. The molecular formula is C24H32N4O2. The van der Waals surface area contributed by atoms with E-state index < -0.39 is 0 Å². The molecular weight excluding hydrogens is 376 g/mol. The Morgan fingerprint density at radius 3 is 2.23 bits per heavy atom. The van der Waals surface area contributed by atoms with E-state index in [-0.39, 0.29) is 17.9 Å². The highest BCUT2D eigenvalue weighted by Crippen LogP contribution is 2.19. The van der Waals surface area contributed by atoms with E-state index >= 15 is 0 Å². The summed E-state index contributed by atoms with van der Waals surface area (Å²) in [6.07, 6.45) is 0. The van der Waals surface area contributed by atoms with E-state index in [1.807, 2.05) is 78.4 Å². The molecule has 160 valence electrons. The van der Waals surface area contributed by atoms with Gasteiger partial charge in [-0.2, -0.15) is 0 Å². The summed E-state index contributed by atoms with van der Waals surface area (Å²) >= 11 is 0. The highest BCUT2D eigenvalue weighted by molar-refractivity contribution is 5.94. The molecule has 1 aliphatic rings. The summed E-state index contributed by atoms with van der Waals surface area (Å²) in [4.78, 5) is 31.7. The van der Waals surface area contributed by atoms with Crippen LogP contribution in [0.4, 0.5) is 0 Å². The molecule has 1 aliphatic heterocycles. The maximum Gasteiger partial charge on any atom is 0.253 e. The standard InChI is InChI=1S/C24H32N4O2/c1-4-27(3)22(20-8-6-5-7-9-20)23(29)25-18-19-10-12-21(13-11-19)24(30)28-16-14-26(2)15-17-28/h5-13,22H,4,14-18H2,1-3H3,(H,25,29). The van der Waals surface area contributed by atoms with Crippen molar-refractivity contribution in [3.63, 3.8) is 0 Å². The Kier molecular flexibility index (Phi) is 7.60. The number of likely N-dealkylation sites (N-methyl/N-ethyl adjacent to an activating group) is 2. The Labute approximate surface area is 179 Å². The molecule has 30 heavy (non-hydrogen) atoms. The normalized spacial score (nSPS) is 15.8. The third-order valence-corrected chi connectivity index (χ3v) is 5.76. The summed E-state index contributed by atoms with van der Waals surface area (Å²) < 4.78 is 0. The SMILES string of the molecule is CCN(C)C(C(=O)NCc1ccc(C(=O)N2CCN(C)CC2)cc1)c1ccccc1. The summed E-state index contributed by atoms with van der Waals surface area (Å²) in [5.41, 5.74) is 2.65. The van der Waals surface area contributed by atoms with Crippen LogP contribution in [0.5, 0.6) is 0 Å². The lowest BCUT2D eigenvalue weighted by atomic mass is 10.0. The molecule has 0 saturated carbocycles. The Morgan fingerprint density at radius 1 is 1.00 bits per heavy atom. The van der Waals surface area contributed by atoms with Gasteiger partial charge in [-0.1, -0.05) is 49.4 Å². The Balaban J connectivity index is 1.59. The van der Waals surface area contributed by atoms with Gasteiger partial charge in [-0.05, 0) is 43.9 Å². The fraction of sp³-hybridized carbons (Fsp3) is 0.417. The van der Waals surface area contributed by atoms with Gasteiger partial charge < -0.3 is 15.1 Å². The maximum atomic E-state index is 12.9. The first-order chi connectivity index (χ1) is 14.5. The summed E-state index contributed by atoms with van der Waals surface area (Å²) in [5, 5.41) is 3.05. The number of piperazine rings is 1. The number of hydrogen-bond donors (Lipinski definition) is 1. The predicted octanol–water partition coefficient (Wildman–Crippen LogP) is 2.38. The third kappa shape index (κ3) is 5.46. The Hall–Kier alpha value is -2.70. The second-order valence-electron chi connectivity index (χ2n) is 7.90. The van der Waals surface area contributed by atoms with Crippen molar-refractivity contribution in [2.24, 2.45) is 0 Å². The molecule has 1 fully saturated rings. The van der Waals surface area contributed by atoms with Crippen LogP contribution in [0, 0.1) is 0 Å². The summed E-state index contributed by atoms with van der Waals surface area (Å²) in [6, 6.07) is 17.1. The van der Waals surface area contributed by atoms with E-state index in [4.69, 9.17) is 0 Å². The predicted molar refractivity (Wildman–Crippen MR) is 119 cm³/mol. The molecule has 0 aliphatic carbocycles. The van der Waals surface area contributed by atoms with E-state index in [1.165, 1.54) is 0 Å². The van der Waals surface area contributed by atoms with Gasteiger partial charge in [0.25, 0.3) is 5.91 Å². The fourth-order valence-electron chi connectivity index (χ4n) is 3.67. The second-order valence-corrected chi connectivity index (χ2v) is 7.90. The minimum Gasteiger partial charge on any atom is -0.350 e. The van der Waals surface area contributed by atoms with E-state index in [9.17, 15) is 9.59 Å². The number of carbonyl (C=O) groups is 2. The molecule has 2 aromatic rings. The number of amides is 2. The monoisotopic (exact) mass is 408 g/mol. The van der Waals surface area contributed by atoms with Crippen LogP contribution in [-0.2, 0) is 11.3 Å². The van der Waals surface area contributed by atoms with Crippen molar-refractivity contribution < 1.29 is 9.59 Å². The van der Waals surface area contributed by atoms with Gasteiger partial charge in [-0.15, -0.1) is 0 Å². The van der Waals surface area contributed by atoms with Crippen molar-refractivity contribution in [3.8, 4) is 0 Å².